The van der Waals surface area contributed by atoms with E-state index in [0.29, 0.717) is 60.8 Å². The minimum Gasteiger partial charge on any atom is -0.378 e. The highest BCUT2D eigenvalue weighted by Gasteiger charge is 2.23. The third kappa shape index (κ3) is 7.82. The minimum absolute atomic E-state index is 0.0324. The van der Waals surface area contributed by atoms with Gasteiger partial charge < -0.3 is 20.3 Å². The van der Waals surface area contributed by atoms with E-state index < -0.39 is 6.43 Å². The topological polar surface area (TPSA) is 80.1 Å². The maximum atomic E-state index is 13.9. The minimum atomic E-state index is -2.72. The first-order valence-corrected chi connectivity index (χ1v) is 14.0. The highest BCUT2D eigenvalue weighted by molar-refractivity contribution is 5.78. The van der Waals surface area contributed by atoms with Gasteiger partial charge in [-0.15, -0.1) is 0 Å². The number of fused-ring (bicyclic) bond motifs is 1. The third-order valence-electron chi connectivity index (χ3n) is 7.10. The van der Waals surface area contributed by atoms with Crippen molar-refractivity contribution in [1.29, 1.82) is 0 Å². The molecule has 1 atom stereocenters. The molecule has 1 saturated carbocycles. The Labute approximate surface area is 228 Å². The molecule has 1 unspecified atom stereocenters. The molecule has 1 saturated heterocycles. The van der Waals surface area contributed by atoms with Crippen LogP contribution in [0.1, 0.15) is 58.2 Å². The van der Waals surface area contributed by atoms with Gasteiger partial charge in [0.1, 0.15) is 18.3 Å². The number of nitrogens with zero attached hydrogens (tertiary/aromatic N) is 5. The van der Waals surface area contributed by atoms with Crippen LogP contribution in [0.3, 0.4) is 0 Å². The van der Waals surface area contributed by atoms with Crippen molar-refractivity contribution in [2.75, 3.05) is 56.3 Å². The van der Waals surface area contributed by atoms with E-state index >= 15 is 0 Å². The summed E-state index contributed by atoms with van der Waals surface area (Å²) in [5.41, 5.74) is 1.12. The van der Waals surface area contributed by atoms with Crippen molar-refractivity contribution in [3.63, 3.8) is 0 Å². The van der Waals surface area contributed by atoms with Gasteiger partial charge in [-0.05, 0) is 44.4 Å². The molecule has 1 aliphatic heterocycles. The lowest BCUT2D eigenvalue weighted by atomic mass is 9.89. The van der Waals surface area contributed by atoms with E-state index in [9.17, 15) is 13.2 Å². The third-order valence-corrected chi connectivity index (χ3v) is 7.10. The molecule has 3 aromatic rings. The molecular weight excluding hydrogens is 507 g/mol. The smallest absolute Gasteiger partial charge is 0.296 e. The van der Waals surface area contributed by atoms with Crippen LogP contribution >= 0.6 is 0 Å². The summed E-state index contributed by atoms with van der Waals surface area (Å²) >= 11 is 0. The largest absolute Gasteiger partial charge is 0.378 e. The summed E-state index contributed by atoms with van der Waals surface area (Å²) in [7, 11) is 0. The van der Waals surface area contributed by atoms with Crippen LogP contribution < -0.4 is 15.5 Å². The molecular formula is C28H40F3N7O. The Morgan fingerprint density at radius 2 is 1.74 bits per heavy atom. The Morgan fingerprint density at radius 3 is 2.41 bits per heavy atom. The molecule has 2 N–H and O–H groups in total. The number of aromatic nitrogens is 4. The standard InChI is InChI=1S/C23H28F2N6O.C5H12FN/c24-21(25)22-27-17-8-4-5-9-18(17)31(22)20-14-19(30-10-12-32-13-11-30)28-23(29-20)26-15-16-6-2-1-3-7-16;1-3-7-5(2)4-6/h4-5,8-9,14,16,21H,1-3,6-7,10-13,15H2,(H,26,28,29);5,7H,3-4H2,1-2H3. The molecule has 0 radical (unpaired) electrons. The van der Waals surface area contributed by atoms with E-state index in [1.54, 1.807) is 24.3 Å². The zero-order valence-corrected chi connectivity index (χ0v) is 22.9. The van der Waals surface area contributed by atoms with Gasteiger partial charge in [0, 0.05) is 31.7 Å². The van der Waals surface area contributed by atoms with E-state index in [2.05, 4.69) is 25.5 Å². The lowest BCUT2D eigenvalue weighted by Gasteiger charge is -2.28. The summed E-state index contributed by atoms with van der Waals surface area (Å²) in [6.45, 7) is 7.78. The van der Waals surface area contributed by atoms with Crippen molar-refractivity contribution in [3.05, 3.63) is 36.2 Å². The van der Waals surface area contributed by atoms with Gasteiger partial charge >= 0.3 is 0 Å². The number of morpholine rings is 1. The first-order valence-electron chi connectivity index (χ1n) is 14.0. The molecule has 0 spiro atoms. The highest BCUT2D eigenvalue weighted by atomic mass is 19.3. The number of rotatable bonds is 9. The van der Waals surface area contributed by atoms with E-state index in [0.717, 1.165) is 13.1 Å². The fraction of sp³-hybridized carbons (Fsp3) is 0.607. The molecule has 1 aromatic carbocycles. The van der Waals surface area contributed by atoms with Crippen LogP contribution in [-0.2, 0) is 4.74 Å². The lowest BCUT2D eigenvalue weighted by molar-refractivity contribution is 0.122. The van der Waals surface area contributed by atoms with Gasteiger partial charge in [0.2, 0.25) is 5.95 Å². The van der Waals surface area contributed by atoms with Crippen LogP contribution in [-0.4, -0.2) is 71.6 Å². The highest BCUT2D eigenvalue weighted by Crippen LogP contribution is 2.30. The predicted molar refractivity (Wildman–Crippen MR) is 149 cm³/mol. The predicted octanol–water partition coefficient (Wildman–Crippen LogP) is 5.54. The summed E-state index contributed by atoms with van der Waals surface area (Å²) in [5.74, 6) is 1.86. The van der Waals surface area contributed by atoms with Gasteiger partial charge in [0.05, 0.1) is 24.2 Å². The number of halogens is 3. The van der Waals surface area contributed by atoms with Crippen molar-refractivity contribution in [2.45, 2.75) is 58.4 Å². The van der Waals surface area contributed by atoms with Crippen LogP contribution in [0, 0.1) is 5.92 Å². The average molecular weight is 548 g/mol. The first kappa shape index (κ1) is 29.1. The van der Waals surface area contributed by atoms with E-state index in [-0.39, 0.29) is 18.5 Å². The molecule has 1 aliphatic carbocycles. The summed E-state index contributed by atoms with van der Waals surface area (Å²) in [5, 5.41) is 6.31. The van der Waals surface area contributed by atoms with E-state index in [1.807, 2.05) is 19.9 Å². The van der Waals surface area contributed by atoms with E-state index in [4.69, 9.17) is 9.72 Å². The average Bonchev–Trinajstić information content (AvgIpc) is 3.38. The maximum Gasteiger partial charge on any atom is 0.296 e. The fourth-order valence-electron chi connectivity index (χ4n) is 5.03. The molecule has 3 heterocycles. The van der Waals surface area contributed by atoms with Gasteiger partial charge in [0.25, 0.3) is 6.43 Å². The molecule has 11 heteroatoms. The summed E-state index contributed by atoms with van der Waals surface area (Å²) in [6, 6.07) is 8.96. The molecule has 0 bridgehead atoms. The number of alkyl halides is 3. The van der Waals surface area contributed by atoms with Crippen LogP contribution in [0.4, 0.5) is 24.9 Å². The zero-order valence-electron chi connectivity index (χ0n) is 22.9. The quantitative estimate of drug-likeness (QED) is 0.364. The molecule has 8 nitrogen and oxygen atoms in total. The number of benzene rings is 1. The van der Waals surface area contributed by atoms with Gasteiger partial charge in [-0.25, -0.2) is 18.2 Å². The van der Waals surface area contributed by atoms with Crippen molar-refractivity contribution in [1.82, 2.24) is 24.8 Å². The number of nitrogens with one attached hydrogen (secondary N) is 2. The number of hydrogen-bond acceptors (Lipinski definition) is 7. The van der Waals surface area contributed by atoms with Crippen molar-refractivity contribution in [3.8, 4) is 5.82 Å². The molecule has 2 aromatic heterocycles. The van der Waals surface area contributed by atoms with Gasteiger partial charge in [-0.1, -0.05) is 38.3 Å². The second-order valence-electron chi connectivity index (χ2n) is 10.1. The molecule has 2 fully saturated rings. The van der Waals surface area contributed by atoms with Gasteiger partial charge in [0.15, 0.2) is 5.82 Å². The summed E-state index contributed by atoms with van der Waals surface area (Å²) < 4.78 is 46.3. The first-order chi connectivity index (χ1) is 19.0. The van der Waals surface area contributed by atoms with Crippen LogP contribution in [0.5, 0.6) is 0 Å². The summed E-state index contributed by atoms with van der Waals surface area (Å²) in [6.07, 6.45) is 3.49. The van der Waals surface area contributed by atoms with E-state index in [1.165, 1.54) is 36.7 Å². The molecule has 0 amide bonds. The Kier molecular flexibility index (Phi) is 10.8. The Balaban J connectivity index is 0.000000448. The summed E-state index contributed by atoms with van der Waals surface area (Å²) in [4.78, 5) is 15.7. The fourth-order valence-corrected chi connectivity index (χ4v) is 5.03. The van der Waals surface area contributed by atoms with Gasteiger partial charge in [-0.2, -0.15) is 9.97 Å². The monoisotopic (exact) mass is 547 g/mol. The van der Waals surface area contributed by atoms with Crippen molar-refractivity contribution >= 4 is 22.8 Å². The second kappa shape index (κ2) is 14.5. The molecule has 214 valence electrons. The Bertz CT molecular complexity index is 1160. The molecule has 39 heavy (non-hydrogen) atoms. The van der Waals surface area contributed by atoms with Crippen molar-refractivity contribution < 1.29 is 17.9 Å². The normalized spacial score (nSPS) is 17.2. The molecule has 5 rings (SSSR count). The Hall–Kier alpha value is -2.92. The van der Waals surface area contributed by atoms with Crippen molar-refractivity contribution in [2.24, 2.45) is 5.92 Å². The van der Waals surface area contributed by atoms with Gasteiger partial charge in [-0.3, -0.25) is 4.57 Å². The van der Waals surface area contributed by atoms with Crippen LogP contribution in [0.15, 0.2) is 30.3 Å². The Morgan fingerprint density at radius 1 is 1.03 bits per heavy atom. The zero-order chi connectivity index (χ0) is 27.6. The lowest BCUT2D eigenvalue weighted by Crippen LogP contribution is -2.37. The number of para-hydroxylation sites is 2. The van der Waals surface area contributed by atoms with Crippen LogP contribution in [0.25, 0.3) is 16.9 Å². The SMILES string of the molecule is CCNC(C)CF.FC(F)c1nc2ccccc2n1-c1cc(N2CCOCC2)nc(NCC2CCCCC2)n1. The number of anilines is 2. The number of hydrogen-bond donors (Lipinski definition) is 2. The maximum absolute atomic E-state index is 13.9. The number of imidazole rings is 1. The van der Waals surface area contributed by atoms with Crippen LogP contribution in [0.2, 0.25) is 0 Å². The number of ether oxygens (including phenoxy) is 1. The second-order valence-corrected chi connectivity index (χ2v) is 10.1. The molecule has 2 aliphatic rings.